The predicted octanol–water partition coefficient (Wildman–Crippen LogP) is 4.45. The predicted molar refractivity (Wildman–Crippen MR) is 72.7 cm³/mol. The first-order chi connectivity index (χ1) is 8.60. The summed E-state index contributed by atoms with van der Waals surface area (Å²) in [5.41, 5.74) is 0.717. The van der Waals surface area contributed by atoms with Crippen LogP contribution in [-0.4, -0.2) is 9.97 Å². The highest BCUT2D eigenvalue weighted by Crippen LogP contribution is 2.28. The van der Waals surface area contributed by atoms with Gasteiger partial charge in [0.05, 0.1) is 0 Å². The monoisotopic (exact) mass is 282 g/mol. The molecule has 0 aliphatic rings. The smallest absolute Gasteiger partial charge is 0.226 e. The number of halogens is 2. The van der Waals surface area contributed by atoms with Crippen molar-refractivity contribution in [3.63, 3.8) is 0 Å². The Labute approximate surface area is 116 Å². The average molecular weight is 283 g/mol. The normalized spacial score (nSPS) is 10.4. The highest BCUT2D eigenvalue weighted by molar-refractivity contribution is 6.30. The first-order valence-corrected chi connectivity index (χ1v) is 6.32. The molecule has 0 fully saturated rings. The molecule has 1 aromatic carbocycles. The highest BCUT2D eigenvalue weighted by Gasteiger charge is 2.10. The van der Waals surface area contributed by atoms with E-state index in [0.717, 1.165) is 0 Å². The topological polar surface area (TPSA) is 35.0 Å². The number of ether oxygens (including phenoxy) is 1. The molecule has 0 bridgehead atoms. The Morgan fingerprint density at radius 2 is 2.00 bits per heavy atom. The van der Waals surface area contributed by atoms with Crippen LogP contribution in [0.1, 0.15) is 18.3 Å². The third-order valence-corrected chi connectivity index (χ3v) is 3.02. The zero-order valence-electron chi connectivity index (χ0n) is 10.1. The van der Waals surface area contributed by atoms with Gasteiger partial charge in [0.15, 0.2) is 0 Å². The Morgan fingerprint density at radius 3 is 2.67 bits per heavy atom. The van der Waals surface area contributed by atoms with Gasteiger partial charge in [-0.3, -0.25) is 0 Å². The molecule has 5 heteroatoms. The molecule has 0 aliphatic heterocycles. The third-order valence-electron chi connectivity index (χ3n) is 2.41. The summed E-state index contributed by atoms with van der Waals surface area (Å²) >= 11 is 11.9. The van der Waals surface area contributed by atoms with Crippen molar-refractivity contribution in [3.05, 3.63) is 45.8 Å². The summed E-state index contributed by atoms with van der Waals surface area (Å²) < 4.78 is 5.69. The summed E-state index contributed by atoms with van der Waals surface area (Å²) in [6, 6.07) is 7.14. The van der Waals surface area contributed by atoms with Crippen molar-refractivity contribution in [1.82, 2.24) is 9.97 Å². The van der Waals surface area contributed by atoms with Gasteiger partial charge in [-0.2, -0.15) is 4.98 Å². The molecular weight excluding hydrogens is 271 g/mol. The van der Waals surface area contributed by atoms with Crippen molar-refractivity contribution in [1.29, 1.82) is 0 Å². The van der Waals surface area contributed by atoms with Gasteiger partial charge in [-0.05, 0) is 25.1 Å². The highest BCUT2D eigenvalue weighted by atomic mass is 35.5. The number of rotatable bonds is 3. The largest absolute Gasteiger partial charge is 0.439 e. The molecule has 0 unspecified atom stereocenters. The molecule has 18 heavy (non-hydrogen) atoms. The molecule has 2 rings (SSSR count). The van der Waals surface area contributed by atoms with Crippen LogP contribution in [0.25, 0.3) is 0 Å². The molecule has 2 aromatic rings. The van der Waals surface area contributed by atoms with Crippen molar-refractivity contribution in [2.24, 2.45) is 0 Å². The molecule has 0 radical (unpaired) electrons. The standard InChI is InChI=1S/C13H12Cl2N2O/c1-3-11-16-12(15)8(2)13(17-11)18-10-6-4-5-9(14)7-10/h4-7H,3H2,1-2H3. The number of aryl methyl sites for hydroxylation is 1. The van der Waals surface area contributed by atoms with Crippen LogP contribution in [0.15, 0.2) is 24.3 Å². The second kappa shape index (κ2) is 5.55. The molecule has 94 valence electrons. The van der Waals surface area contributed by atoms with Gasteiger partial charge in [0.2, 0.25) is 5.88 Å². The Morgan fingerprint density at radius 1 is 1.22 bits per heavy atom. The van der Waals surface area contributed by atoms with Crippen molar-refractivity contribution in [2.45, 2.75) is 20.3 Å². The van der Waals surface area contributed by atoms with Crippen LogP contribution in [0, 0.1) is 6.92 Å². The van der Waals surface area contributed by atoms with Gasteiger partial charge in [0.1, 0.15) is 16.7 Å². The Bertz CT molecular complexity index is 573. The molecule has 0 amide bonds. The fraction of sp³-hybridized carbons (Fsp3) is 0.231. The summed E-state index contributed by atoms with van der Waals surface area (Å²) in [6.07, 6.45) is 0.700. The van der Waals surface area contributed by atoms with Crippen molar-refractivity contribution in [2.75, 3.05) is 0 Å². The molecule has 0 N–H and O–H groups in total. The van der Waals surface area contributed by atoms with Gasteiger partial charge >= 0.3 is 0 Å². The lowest BCUT2D eigenvalue weighted by Gasteiger charge is -2.10. The molecule has 1 heterocycles. The van der Waals surface area contributed by atoms with E-state index in [9.17, 15) is 0 Å². The Kier molecular flexibility index (Phi) is 4.04. The van der Waals surface area contributed by atoms with Crippen LogP contribution >= 0.6 is 23.2 Å². The molecule has 0 saturated carbocycles. The minimum atomic E-state index is 0.416. The van der Waals surface area contributed by atoms with Crippen molar-refractivity contribution < 1.29 is 4.74 Å². The van der Waals surface area contributed by atoms with Gasteiger partial charge in [-0.1, -0.05) is 36.2 Å². The molecular formula is C13H12Cl2N2O. The minimum Gasteiger partial charge on any atom is -0.439 e. The number of aromatic nitrogens is 2. The lowest BCUT2D eigenvalue weighted by molar-refractivity contribution is 0.454. The van der Waals surface area contributed by atoms with Crippen LogP contribution in [0.4, 0.5) is 0 Å². The molecule has 3 nitrogen and oxygen atoms in total. The van der Waals surface area contributed by atoms with Gasteiger partial charge in [0.25, 0.3) is 0 Å². The maximum Gasteiger partial charge on any atom is 0.226 e. The second-order valence-electron chi connectivity index (χ2n) is 3.77. The first-order valence-electron chi connectivity index (χ1n) is 5.56. The van der Waals surface area contributed by atoms with E-state index in [1.165, 1.54) is 0 Å². The quantitative estimate of drug-likeness (QED) is 0.781. The molecule has 1 aromatic heterocycles. The maximum atomic E-state index is 6.04. The van der Waals surface area contributed by atoms with Crippen molar-refractivity contribution in [3.8, 4) is 11.6 Å². The van der Waals surface area contributed by atoms with Gasteiger partial charge in [-0.25, -0.2) is 4.98 Å². The van der Waals surface area contributed by atoms with E-state index in [0.29, 0.717) is 39.6 Å². The van der Waals surface area contributed by atoms with E-state index < -0.39 is 0 Å². The molecule has 0 saturated heterocycles. The zero-order chi connectivity index (χ0) is 13.1. The van der Waals surface area contributed by atoms with E-state index in [4.69, 9.17) is 27.9 Å². The summed E-state index contributed by atoms with van der Waals surface area (Å²) in [5.74, 6) is 1.75. The van der Waals surface area contributed by atoms with E-state index >= 15 is 0 Å². The Balaban J connectivity index is 2.36. The van der Waals surface area contributed by atoms with Crippen LogP contribution in [0.5, 0.6) is 11.6 Å². The maximum absolute atomic E-state index is 6.04. The van der Waals surface area contributed by atoms with Crippen LogP contribution in [0.3, 0.4) is 0 Å². The van der Waals surface area contributed by atoms with E-state index in [2.05, 4.69) is 9.97 Å². The van der Waals surface area contributed by atoms with Gasteiger partial charge in [0, 0.05) is 17.0 Å². The van der Waals surface area contributed by atoms with Crippen LogP contribution in [-0.2, 0) is 6.42 Å². The van der Waals surface area contributed by atoms with E-state index in [-0.39, 0.29) is 0 Å². The number of hydrogen-bond acceptors (Lipinski definition) is 3. The lowest BCUT2D eigenvalue weighted by atomic mass is 10.3. The number of hydrogen-bond donors (Lipinski definition) is 0. The first kappa shape index (κ1) is 13.1. The Hall–Kier alpha value is -1.32. The zero-order valence-corrected chi connectivity index (χ0v) is 11.6. The molecule has 0 spiro atoms. The SMILES string of the molecule is CCc1nc(Cl)c(C)c(Oc2cccc(Cl)c2)n1. The number of nitrogens with zero attached hydrogens (tertiary/aromatic N) is 2. The number of benzene rings is 1. The fourth-order valence-corrected chi connectivity index (χ4v) is 1.77. The summed E-state index contributed by atoms with van der Waals surface area (Å²) in [7, 11) is 0. The van der Waals surface area contributed by atoms with Crippen LogP contribution in [0.2, 0.25) is 10.2 Å². The second-order valence-corrected chi connectivity index (χ2v) is 4.57. The molecule has 0 atom stereocenters. The van der Waals surface area contributed by atoms with Crippen LogP contribution < -0.4 is 4.74 Å². The van der Waals surface area contributed by atoms with Gasteiger partial charge in [-0.15, -0.1) is 0 Å². The summed E-state index contributed by atoms with van der Waals surface area (Å²) in [5, 5.41) is 1.03. The van der Waals surface area contributed by atoms with Gasteiger partial charge < -0.3 is 4.74 Å². The van der Waals surface area contributed by atoms with E-state index in [1.54, 1.807) is 12.1 Å². The average Bonchev–Trinajstić information content (AvgIpc) is 2.34. The fourth-order valence-electron chi connectivity index (χ4n) is 1.41. The molecule has 0 aliphatic carbocycles. The summed E-state index contributed by atoms with van der Waals surface area (Å²) in [6.45, 7) is 3.78. The van der Waals surface area contributed by atoms with Crippen molar-refractivity contribution >= 4 is 23.2 Å². The lowest BCUT2D eigenvalue weighted by Crippen LogP contribution is -2.00. The third kappa shape index (κ3) is 2.92. The summed E-state index contributed by atoms with van der Waals surface area (Å²) in [4.78, 5) is 8.47. The van der Waals surface area contributed by atoms with E-state index in [1.807, 2.05) is 26.0 Å². The minimum absolute atomic E-state index is 0.416.